The van der Waals surface area contributed by atoms with Crippen LogP contribution in [0.5, 0.6) is 0 Å². The Morgan fingerprint density at radius 1 is 1.62 bits per heavy atom. The Bertz CT molecular complexity index is 307. The fourth-order valence-corrected chi connectivity index (χ4v) is 2.16. The molecule has 0 bridgehead atoms. The molecule has 2 nitrogen and oxygen atoms in total. The van der Waals surface area contributed by atoms with Crippen LogP contribution >= 0.6 is 22.9 Å². The molecule has 0 aromatic carbocycles. The first-order valence-electron chi connectivity index (χ1n) is 4.06. The van der Waals surface area contributed by atoms with Gasteiger partial charge in [-0.3, -0.25) is 0 Å². The predicted octanol–water partition coefficient (Wildman–Crippen LogP) is 2.68. The Kier molecular flexibility index (Phi) is 3.71. The Morgan fingerprint density at radius 3 is 2.69 bits per heavy atom. The molecule has 0 aliphatic carbocycles. The lowest BCUT2D eigenvalue weighted by Crippen LogP contribution is -2.02. The molecule has 0 aliphatic rings. The maximum atomic E-state index is 8.71. The van der Waals surface area contributed by atoms with Gasteiger partial charge in [-0.2, -0.15) is 5.26 Å². The number of alkyl halides is 1. The summed E-state index contributed by atoms with van der Waals surface area (Å²) in [5, 5.41) is 9.72. The number of aryl methyl sites for hydroxylation is 2. The maximum Gasteiger partial charge on any atom is 0.0944 e. The number of rotatable bonds is 3. The van der Waals surface area contributed by atoms with Crippen LogP contribution in [-0.2, 0) is 6.42 Å². The van der Waals surface area contributed by atoms with Gasteiger partial charge in [0.15, 0.2) is 0 Å². The van der Waals surface area contributed by atoms with Crippen molar-refractivity contribution in [1.82, 2.24) is 4.98 Å². The summed E-state index contributed by atoms with van der Waals surface area (Å²) >= 11 is 7.27. The summed E-state index contributed by atoms with van der Waals surface area (Å²) in [7, 11) is 0. The van der Waals surface area contributed by atoms with E-state index in [0.717, 1.165) is 10.7 Å². The summed E-state index contributed by atoms with van der Waals surface area (Å²) in [6.45, 7) is 4.02. The standard InChI is InChI=1S/C9H11ClN2S/c1-6-7(2)13-9(12-6)3-8(4-10)5-11/h8H,3-4H2,1-2H3. The highest BCUT2D eigenvalue weighted by molar-refractivity contribution is 7.11. The van der Waals surface area contributed by atoms with Crippen LogP contribution in [0.4, 0.5) is 0 Å². The van der Waals surface area contributed by atoms with E-state index in [0.29, 0.717) is 12.3 Å². The zero-order chi connectivity index (χ0) is 9.84. The highest BCUT2D eigenvalue weighted by Crippen LogP contribution is 2.19. The van der Waals surface area contributed by atoms with E-state index >= 15 is 0 Å². The van der Waals surface area contributed by atoms with Crippen molar-refractivity contribution >= 4 is 22.9 Å². The minimum Gasteiger partial charge on any atom is -0.246 e. The monoisotopic (exact) mass is 214 g/mol. The lowest BCUT2D eigenvalue weighted by molar-refractivity contribution is 0.740. The van der Waals surface area contributed by atoms with Crippen LogP contribution in [0.2, 0.25) is 0 Å². The smallest absolute Gasteiger partial charge is 0.0944 e. The van der Waals surface area contributed by atoms with Gasteiger partial charge in [0.05, 0.1) is 22.7 Å². The molecule has 0 spiro atoms. The van der Waals surface area contributed by atoms with Crippen LogP contribution in [0, 0.1) is 31.1 Å². The van der Waals surface area contributed by atoms with Crippen molar-refractivity contribution in [2.24, 2.45) is 5.92 Å². The Morgan fingerprint density at radius 2 is 2.31 bits per heavy atom. The van der Waals surface area contributed by atoms with Crippen molar-refractivity contribution in [2.45, 2.75) is 20.3 Å². The first kappa shape index (κ1) is 10.5. The van der Waals surface area contributed by atoms with Gasteiger partial charge in [-0.05, 0) is 13.8 Å². The third kappa shape index (κ3) is 2.68. The molecule has 13 heavy (non-hydrogen) atoms. The van der Waals surface area contributed by atoms with Crippen LogP contribution < -0.4 is 0 Å². The highest BCUT2D eigenvalue weighted by Gasteiger charge is 2.10. The van der Waals surface area contributed by atoms with E-state index in [4.69, 9.17) is 16.9 Å². The van der Waals surface area contributed by atoms with Crippen LogP contribution in [0.25, 0.3) is 0 Å². The molecule has 0 aliphatic heterocycles. The Labute approximate surface area is 87.2 Å². The molecular formula is C9H11ClN2S. The van der Waals surface area contributed by atoms with E-state index < -0.39 is 0 Å². The molecule has 1 aromatic rings. The molecule has 0 saturated carbocycles. The van der Waals surface area contributed by atoms with Crippen molar-refractivity contribution < 1.29 is 0 Å². The van der Waals surface area contributed by atoms with Crippen LogP contribution in [-0.4, -0.2) is 10.9 Å². The third-order valence-corrected chi connectivity index (χ3v) is 3.33. The van der Waals surface area contributed by atoms with Crippen LogP contribution in [0.1, 0.15) is 15.6 Å². The number of hydrogen-bond acceptors (Lipinski definition) is 3. The minimum atomic E-state index is -0.105. The van der Waals surface area contributed by atoms with Gasteiger partial charge in [-0.1, -0.05) is 0 Å². The molecule has 0 fully saturated rings. The van der Waals surface area contributed by atoms with Gasteiger partial charge in [0.2, 0.25) is 0 Å². The number of nitrogens with zero attached hydrogens (tertiary/aromatic N) is 2. The van der Waals surface area contributed by atoms with E-state index in [1.54, 1.807) is 11.3 Å². The molecule has 0 saturated heterocycles. The molecule has 0 amide bonds. The highest BCUT2D eigenvalue weighted by atomic mass is 35.5. The molecule has 1 atom stereocenters. The summed E-state index contributed by atoms with van der Waals surface area (Å²) in [5.74, 6) is 0.278. The number of halogens is 1. The van der Waals surface area contributed by atoms with E-state index in [-0.39, 0.29) is 5.92 Å². The Hall–Kier alpha value is -0.590. The molecule has 1 unspecified atom stereocenters. The third-order valence-electron chi connectivity index (χ3n) is 1.86. The fourth-order valence-electron chi connectivity index (χ4n) is 0.972. The average molecular weight is 215 g/mol. The second-order valence-electron chi connectivity index (χ2n) is 2.93. The first-order valence-corrected chi connectivity index (χ1v) is 5.41. The lowest BCUT2D eigenvalue weighted by Gasteiger charge is -1.99. The van der Waals surface area contributed by atoms with Gasteiger partial charge in [0.1, 0.15) is 0 Å². The van der Waals surface area contributed by atoms with E-state index in [1.807, 2.05) is 13.8 Å². The molecule has 4 heteroatoms. The van der Waals surface area contributed by atoms with Crippen molar-refractivity contribution in [2.75, 3.05) is 5.88 Å². The summed E-state index contributed by atoms with van der Waals surface area (Å²) in [5.41, 5.74) is 1.06. The molecule has 70 valence electrons. The second-order valence-corrected chi connectivity index (χ2v) is 4.53. The van der Waals surface area contributed by atoms with Crippen molar-refractivity contribution in [3.05, 3.63) is 15.6 Å². The van der Waals surface area contributed by atoms with E-state index in [1.165, 1.54) is 4.88 Å². The summed E-state index contributed by atoms with van der Waals surface area (Å²) < 4.78 is 0. The van der Waals surface area contributed by atoms with Gasteiger partial charge >= 0.3 is 0 Å². The van der Waals surface area contributed by atoms with Gasteiger partial charge in [-0.15, -0.1) is 22.9 Å². The topological polar surface area (TPSA) is 36.7 Å². The fraction of sp³-hybridized carbons (Fsp3) is 0.556. The minimum absolute atomic E-state index is 0.105. The molecule has 0 N–H and O–H groups in total. The van der Waals surface area contributed by atoms with E-state index in [9.17, 15) is 0 Å². The molecule has 1 aromatic heterocycles. The molecular weight excluding hydrogens is 204 g/mol. The molecule has 0 radical (unpaired) electrons. The lowest BCUT2D eigenvalue weighted by atomic mass is 10.1. The second kappa shape index (κ2) is 4.59. The zero-order valence-corrected chi connectivity index (χ0v) is 9.24. The van der Waals surface area contributed by atoms with Crippen molar-refractivity contribution in [1.29, 1.82) is 5.26 Å². The quantitative estimate of drug-likeness (QED) is 0.726. The first-order chi connectivity index (χ1) is 6.17. The van der Waals surface area contributed by atoms with Crippen molar-refractivity contribution in [3.63, 3.8) is 0 Å². The Balaban J connectivity index is 2.69. The number of nitriles is 1. The van der Waals surface area contributed by atoms with Gasteiger partial charge in [0.25, 0.3) is 0 Å². The molecule has 1 rings (SSSR count). The van der Waals surface area contributed by atoms with Gasteiger partial charge in [0, 0.05) is 17.2 Å². The largest absolute Gasteiger partial charge is 0.246 e. The van der Waals surface area contributed by atoms with Gasteiger partial charge < -0.3 is 0 Å². The van der Waals surface area contributed by atoms with Gasteiger partial charge in [-0.25, -0.2) is 4.98 Å². The van der Waals surface area contributed by atoms with E-state index in [2.05, 4.69) is 11.1 Å². The van der Waals surface area contributed by atoms with Crippen molar-refractivity contribution in [3.8, 4) is 6.07 Å². The predicted molar refractivity (Wildman–Crippen MR) is 55.1 cm³/mol. The number of aromatic nitrogens is 1. The van der Waals surface area contributed by atoms with Crippen LogP contribution in [0.15, 0.2) is 0 Å². The van der Waals surface area contributed by atoms with Crippen LogP contribution in [0.3, 0.4) is 0 Å². The average Bonchev–Trinajstić information content (AvgIpc) is 2.42. The number of hydrogen-bond donors (Lipinski definition) is 0. The SMILES string of the molecule is Cc1nc(CC(C#N)CCl)sc1C. The maximum absolute atomic E-state index is 8.71. The number of thiazole rings is 1. The summed E-state index contributed by atoms with van der Waals surface area (Å²) in [6.07, 6.45) is 0.680. The summed E-state index contributed by atoms with van der Waals surface area (Å²) in [6, 6.07) is 2.16. The summed E-state index contributed by atoms with van der Waals surface area (Å²) in [4.78, 5) is 5.58. The normalized spacial score (nSPS) is 12.5. The molecule has 1 heterocycles. The zero-order valence-electron chi connectivity index (χ0n) is 7.67.